The Kier molecular flexibility index (Phi) is 5.94. The molecule has 0 spiro atoms. The van der Waals surface area contributed by atoms with Crippen LogP contribution in [0, 0.1) is 5.82 Å². The summed E-state index contributed by atoms with van der Waals surface area (Å²) in [5, 5.41) is 11.8. The number of hydrogen-bond donors (Lipinski definition) is 0. The van der Waals surface area contributed by atoms with Crippen LogP contribution in [0.3, 0.4) is 0 Å². The van der Waals surface area contributed by atoms with Crippen molar-refractivity contribution in [2.75, 3.05) is 0 Å². The largest absolute Gasteiger partial charge is 0.543 e. The summed E-state index contributed by atoms with van der Waals surface area (Å²) in [5.41, 5.74) is 1.75. The van der Waals surface area contributed by atoms with Gasteiger partial charge in [0.2, 0.25) is 0 Å². The average Bonchev–Trinajstić information content (AvgIpc) is 2.62. The Morgan fingerprint density at radius 1 is 1.07 bits per heavy atom. The molecule has 0 aliphatic rings. The van der Waals surface area contributed by atoms with Gasteiger partial charge in [-0.15, -0.1) is 0 Å². The van der Waals surface area contributed by atoms with Gasteiger partial charge in [0.05, 0.1) is 16.7 Å². The molecular weight excluding hydrogens is 392 g/mol. The highest BCUT2D eigenvalue weighted by atomic mass is 35.5. The van der Waals surface area contributed by atoms with Gasteiger partial charge in [-0.2, -0.15) is 0 Å². The number of benzene rings is 2. The zero-order valence-electron chi connectivity index (χ0n) is 13.9. The molecule has 0 aliphatic heterocycles. The standard InChI is InChI=1S/C20H14Cl2FNO3/c21-14-5-7-19(27-11-12-4-6-15(23)10-17(12)22)13(8-14)9-16-2-1-3-18(24-16)20(25)26/h1-8,10H,9,11H2,(H,25,26)/p-1. The molecule has 1 aromatic heterocycles. The van der Waals surface area contributed by atoms with Crippen molar-refractivity contribution in [3.8, 4) is 5.75 Å². The number of carboxylic acids is 1. The number of aromatic carboxylic acids is 1. The van der Waals surface area contributed by atoms with Crippen LogP contribution < -0.4 is 9.84 Å². The average molecular weight is 405 g/mol. The van der Waals surface area contributed by atoms with Gasteiger partial charge in [0, 0.05) is 28.3 Å². The van der Waals surface area contributed by atoms with E-state index in [2.05, 4.69) is 4.98 Å². The van der Waals surface area contributed by atoms with Crippen molar-refractivity contribution in [2.24, 2.45) is 0 Å². The topological polar surface area (TPSA) is 62.2 Å². The SMILES string of the molecule is O=C([O-])c1cccc(Cc2cc(Cl)ccc2OCc2ccc(F)cc2Cl)n1. The molecule has 4 nitrogen and oxygen atoms in total. The minimum absolute atomic E-state index is 0.139. The Hall–Kier alpha value is -2.63. The predicted octanol–water partition coefficient (Wildman–Crippen LogP) is 4.06. The molecule has 0 saturated carbocycles. The van der Waals surface area contributed by atoms with Crippen molar-refractivity contribution in [3.63, 3.8) is 0 Å². The molecule has 27 heavy (non-hydrogen) atoms. The first-order chi connectivity index (χ1) is 12.9. The van der Waals surface area contributed by atoms with Crippen LogP contribution in [0.4, 0.5) is 4.39 Å². The number of carbonyl (C=O) groups excluding carboxylic acids is 1. The first kappa shape index (κ1) is 19.1. The highest BCUT2D eigenvalue weighted by Crippen LogP contribution is 2.27. The first-order valence-corrected chi connectivity index (χ1v) is 8.70. The molecule has 3 aromatic rings. The molecule has 7 heteroatoms. The predicted molar refractivity (Wildman–Crippen MR) is 98.6 cm³/mol. The second-order valence-electron chi connectivity index (χ2n) is 5.75. The van der Waals surface area contributed by atoms with Crippen LogP contribution in [0.15, 0.2) is 54.6 Å². The number of rotatable bonds is 6. The molecule has 0 aliphatic carbocycles. The third-order valence-corrected chi connectivity index (χ3v) is 4.40. The Morgan fingerprint density at radius 2 is 1.89 bits per heavy atom. The first-order valence-electron chi connectivity index (χ1n) is 7.95. The lowest BCUT2D eigenvalue weighted by Crippen LogP contribution is -2.23. The van der Waals surface area contributed by atoms with Gasteiger partial charge in [-0.25, -0.2) is 4.39 Å². The Morgan fingerprint density at radius 3 is 2.63 bits per heavy atom. The fraction of sp³-hybridized carbons (Fsp3) is 0.100. The molecule has 2 aromatic carbocycles. The highest BCUT2D eigenvalue weighted by molar-refractivity contribution is 6.31. The third-order valence-electron chi connectivity index (χ3n) is 3.81. The number of carboxylic acid groups (broad SMARTS) is 1. The van der Waals surface area contributed by atoms with E-state index >= 15 is 0 Å². The molecule has 0 N–H and O–H groups in total. The van der Waals surface area contributed by atoms with Crippen molar-refractivity contribution in [1.82, 2.24) is 4.98 Å². The maximum Gasteiger partial charge on any atom is 0.124 e. The molecule has 0 atom stereocenters. The van der Waals surface area contributed by atoms with E-state index in [1.54, 1.807) is 36.4 Å². The summed E-state index contributed by atoms with van der Waals surface area (Å²) in [5.74, 6) is -1.22. The molecule has 0 fully saturated rings. The number of nitrogens with zero attached hydrogens (tertiary/aromatic N) is 1. The van der Waals surface area contributed by atoms with Gasteiger partial charge in [-0.1, -0.05) is 35.3 Å². The Bertz CT molecular complexity index is 995. The van der Waals surface area contributed by atoms with Crippen LogP contribution in [0.1, 0.15) is 27.3 Å². The van der Waals surface area contributed by atoms with E-state index in [0.29, 0.717) is 28.5 Å². The molecule has 1 heterocycles. The van der Waals surface area contributed by atoms with E-state index in [9.17, 15) is 14.3 Å². The minimum atomic E-state index is -1.34. The van der Waals surface area contributed by atoms with E-state index in [4.69, 9.17) is 27.9 Å². The van der Waals surface area contributed by atoms with Crippen molar-refractivity contribution >= 4 is 29.2 Å². The molecule has 3 rings (SSSR count). The molecule has 0 bridgehead atoms. The summed E-state index contributed by atoms with van der Waals surface area (Å²) >= 11 is 12.1. The van der Waals surface area contributed by atoms with E-state index in [-0.39, 0.29) is 17.3 Å². The minimum Gasteiger partial charge on any atom is -0.543 e. The van der Waals surface area contributed by atoms with Gasteiger partial charge in [-0.3, -0.25) is 4.98 Å². The summed E-state index contributed by atoms with van der Waals surface area (Å²) in [7, 11) is 0. The van der Waals surface area contributed by atoms with Crippen LogP contribution in [0.2, 0.25) is 10.0 Å². The van der Waals surface area contributed by atoms with Crippen LogP contribution in [0.5, 0.6) is 5.75 Å². The lowest BCUT2D eigenvalue weighted by molar-refractivity contribution is -0.255. The molecule has 0 unspecified atom stereocenters. The van der Waals surface area contributed by atoms with Gasteiger partial charge < -0.3 is 14.6 Å². The number of hydrogen-bond acceptors (Lipinski definition) is 4. The highest BCUT2D eigenvalue weighted by Gasteiger charge is 2.10. The summed E-state index contributed by atoms with van der Waals surface area (Å²) < 4.78 is 19.0. The second-order valence-corrected chi connectivity index (χ2v) is 6.60. The number of pyridine rings is 1. The van der Waals surface area contributed by atoms with Crippen molar-refractivity contribution < 1.29 is 19.0 Å². The molecular formula is C20H13Cl2FNO3-. The van der Waals surface area contributed by atoms with Gasteiger partial charge in [0.25, 0.3) is 0 Å². The van der Waals surface area contributed by atoms with Crippen LogP contribution in [-0.2, 0) is 13.0 Å². The summed E-state index contributed by atoms with van der Waals surface area (Å²) in [6.07, 6.45) is 0.314. The summed E-state index contributed by atoms with van der Waals surface area (Å²) in [6, 6.07) is 13.8. The number of aromatic nitrogens is 1. The Balaban J connectivity index is 1.82. The molecule has 0 radical (unpaired) electrons. The summed E-state index contributed by atoms with van der Waals surface area (Å²) in [4.78, 5) is 15.0. The smallest absolute Gasteiger partial charge is 0.124 e. The zero-order valence-corrected chi connectivity index (χ0v) is 15.4. The fourth-order valence-corrected chi connectivity index (χ4v) is 2.92. The van der Waals surface area contributed by atoms with Crippen LogP contribution in [0.25, 0.3) is 0 Å². The van der Waals surface area contributed by atoms with Crippen LogP contribution >= 0.6 is 23.2 Å². The van der Waals surface area contributed by atoms with Gasteiger partial charge in [-0.05, 0) is 42.5 Å². The van der Waals surface area contributed by atoms with Gasteiger partial charge >= 0.3 is 0 Å². The Labute approximate surface area is 165 Å². The quantitative estimate of drug-likeness (QED) is 0.621. The number of carbonyl (C=O) groups is 1. The fourth-order valence-electron chi connectivity index (χ4n) is 2.51. The third kappa shape index (κ3) is 4.96. The summed E-state index contributed by atoms with van der Waals surface area (Å²) in [6.45, 7) is 0.139. The monoisotopic (exact) mass is 404 g/mol. The lowest BCUT2D eigenvalue weighted by Gasteiger charge is -2.13. The number of ether oxygens (including phenoxy) is 1. The van der Waals surface area contributed by atoms with E-state index in [0.717, 1.165) is 5.56 Å². The molecule has 0 amide bonds. The van der Waals surface area contributed by atoms with Crippen LogP contribution in [-0.4, -0.2) is 11.0 Å². The van der Waals surface area contributed by atoms with E-state index < -0.39 is 11.8 Å². The normalized spacial score (nSPS) is 10.6. The zero-order chi connectivity index (χ0) is 19.4. The van der Waals surface area contributed by atoms with Crippen molar-refractivity contribution in [2.45, 2.75) is 13.0 Å². The second kappa shape index (κ2) is 8.37. The van der Waals surface area contributed by atoms with E-state index in [1.807, 2.05) is 0 Å². The maximum atomic E-state index is 13.2. The maximum absolute atomic E-state index is 13.2. The van der Waals surface area contributed by atoms with E-state index in [1.165, 1.54) is 18.2 Å². The van der Waals surface area contributed by atoms with Gasteiger partial charge in [0.15, 0.2) is 0 Å². The van der Waals surface area contributed by atoms with Gasteiger partial charge in [0.1, 0.15) is 18.2 Å². The lowest BCUT2D eigenvalue weighted by atomic mass is 10.1. The van der Waals surface area contributed by atoms with Crippen molar-refractivity contribution in [3.05, 3.63) is 93.0 Å². The molecule has 0 saturated heterocycles. The number of halogens is 3. The molecule has 138 valence electrons. The van der Waals surface area contributed by atoms with Crippen molar-refractivity contribution in [1.29, 1.82) is 0 Å².